The maximum absolute atomic E-state index is 13.0. The van der Waals surface area contributed by atoms with Gasteiger partial charge in [0.15, 0.2) is 5.15 Å². The molecule has 0 aliphatic rings. The molecule has 0 radical (unpaired) electrons. The summed E-state index contributed by atoms with van der Waals surface area (Å²) in [6, 6.07) is 6.47. The number of carbonyl (C=O) groups excluding carboxylic acids is 1. The fourth-order valence-corrected chi connectivity index (χ4v) is 3.69. The topological polar surface area (TPSA) is 91.9 Å². The van der Waals surface area contributed by atoms with Crippen LogP contribution in [0.3, 0.4) is 0 Å². The Labute approximate surface area is 183 Å². The Morgan fingerprint density at radius 3 is 2.47 bits per heavy atom. The molecule has 0 N–H and O–H groups in total. The molecule has 3 rings (SSSR count). The van der Waals surface area contributed by atoms with Gasteiger partial charge in [-0.1, -0.05) is 42.3 Å². The maximum Gasteiger partial charge on any atom is 0.332 e. The van der Waals surface area contributed by atoms with Gasteiger partial charge in [0.1, 0.15) is 5.54 Å². The van der Waals surface area contributed by atoms with Crippen LogP contribution in [-0.2, 0) is 15.1 Å². The predicted octanol–water partition coefficient (Wildman–Crippen LogP) is 3.88. The lowest BCUT2D eigenvalue weighted by Crippen LogP contribution is -2.47. The first-order valence-corrected chi connectivity index (χ1v) is 10.3. The molecule has 2 aromatic heterocycles. The van der Waals surface area contributed by atoms with Crippen LogP contribution in [0, 0.1) is 0 Å². The van der Waals surface area contributed by atoms with Crippen LogP contribution >= 0.6 is 23.2 Å². The molecule has 0 fully saturated rings. The monoisotopic (exact) mass is 449 g/mol. The van der Waals surface area contributed by atoms with Crippen molar-refractivity contribution in [2.75, 3.05) is 6.61 Å². The Balaban J connectivity index is 2.14. The third kappa shape index (κ3) is 3.97. The van der Waals surface area contributed by atoms with E-state index in [2.05, 4.69) is 15.3 Å². The van der Waals surface area contributed by atoms with Crippen molar-refractivity contribution >= 4 is 29.2 Å². The van der Waals surface area contributed by atoms with Crippen molar-refractivity contribution in [3.8, 4) is 16.9 Å². The molecular weight excluding hydrogens is 429 g/mol. The predicted molar refractivity (Wildman–Crippen MR) is 114 cm³/mol. The van der Waals surface area contributed by atoms with Crippen molar-refractivity contribution in [1.82, 2.24) is 24.5 Å². The fourth-order valence-electron chi connectivity index (χ4n) is 3.39. The molecule has 158 valence electrons. The summed E-state index contributed by atoms with van der Waals surface area (Å²) in [7, 11) is 0. The van der Waals surface area contributed by atoms with E-state index in [0.717, 1.165) is 0 Å². The van der Waals surface area contributed by atoms with E-state index < -0.39 is 11.5 Å². The lowest BCUT2D eigenvalue weighted by Gasteiger charge is -2.31. The minimum Gasteiger partial charge on any atom is -0.464 e. The molecule has 10 heteroatoms. The van der Waals surface area contributed by atoms with Gasteiger partial charge in [0.05, 0.1) is 30.5 Å². The Morgan fingerprint density at radius 2 is 1.90 bits per heavy atom. The van der Waals surface area contributed by atoms with E-state index >= 15 is 0 Å². The Hall–Kier alpha value is -2.71. The zero-order valence-corrected chi connectivity index (χ0v) is 18.3. The quantitative estimate of drug-likeness (QED) is 0.508. The molecule has 1 aromatic carbocycles. The molecule has 0 saturated heterocycles. The van der Waals surface area contributed by atoms with E-state index in [0.29, 0.717) is 34.8 Å². The van der Waals surface area contributed by atoms with Gasteiger partial charge in [-0.3, -0.25) is 9.36 Å². The Kier molecular flexibility index (Phi) is 6.58. The SMILES string of the molecule is CCOC(=O)C(CC)(CC)n1cnc(-c2cc(Cl)ccc2-n2cc(Cl)nn2)cc1=O. The van der Waals surface area contributed by atoms with Crippen LogP contribution in [0.15, 0.2) is 41.6 Å². The van der Waals surface area contributed by atoms with Gasteiger partial charge in [-0.15, -0.1) is 5.10 Å². The zero-order valence-electron chi connectivity index (χ0n) is 16.8. The standard InChI is InChI=1S/C20H21Cl2N5O3/c1-4-20(5-2,19(29)30-6-3)26-12-23-15(10-18(26)28)14-9-13(21)7-8-16(14)27-11-17(22)24-25-27/h7-12H,4-6H2,1-3H3. The molecule has 0 unspecified atom stereocenters. The summed E-state index contributed by atoms with van der Waals surface area (Å²) in [5.41, 5.74) is 0.0636. The number of carbonyl (C=O) groups is 1. The average molecular weight is 450 g/mol. The molecule has 3 aromatic rings. The van der Waals surface area contributed by atoms with Gasteiger partial charge in [-0.05, 0) is 38.0 Å². The summed E-state index contributed by atoms with van der Waals surface area (Å²) in [5.74, 6) is -0.452. The number of hydrogen-bond acceptors (Lipinski definition) is 6. The molecule has 8 nitrogen and oxygen atoms in total. The summed E-state index contributed by atoms with van der Waals surface area (Å²) in [4.78, 5) is 30.2. The molecule has 0 aliphatic carbocycles. The van der Waals surface area contributed by atoms with Crippen molar-refractivity contribution in [3.05, 3.63) is 57.3 Å². The lowest BCUT2D eigenvalue weighted by atomic mass is 9.92. The first-order valence-electron chi connectivity index (χ1n) is 9.50. The van der Waals surface area contributed by atoms with Crippen LogP contribution in [0.5, 0.6) is 0 Å². The second kappa shape index (κ2) is 8.97. The van der Waals surface area contributed by atoms with Crippen molar-refractivity contribution < 1.29 is 9.53 Å². The third-order valence-corrected chi connectivity index (χ3v) is 5.45. The van der Waals surface area contributed by atoms with E-state index in [9.17, 15) is 9.59 Å². The molecule has 0 spiro atoms. The summed E-state index contributed by atoms with van der Waals surface area (Å²) in [6.07, 6.45) is 3.70. The van der Waals surface area contributed by atoms with E-state index in [1.807, 2.05) is 13.8 Å². The normalized spacial score (nSPS) is 11.5. The van der Waals surface area contributed by atoms with Crippen LogP contribution in [-0.4, -0.2) is 37.1 Å². The smallest absolute Gasteiger partial charge is 0.332 e. The number of ether oxygens (including phenoxy) is 1. The van der Waals surface area contributed by atoms with Gasteiger partial charge in [-0.2, -0.15) is 0 Å². The summed E-state index contributed by atoms with van der Waals surface area (Å²) < 4.78 is 8.05. The fraction of sp³-hybridized carbons (Fsp3) is 0.350. The van der Waals surface area contributed by atoms with E-state index in [-0.39, 0.29) is 17.3 Å². The molecule has 0 saturated carbocycles. The second-order valence-corrected chi connectivity index (χ2v) is 7.41. The lowest BCUT2D eigenvalue weighted by molar-refractivity contribution is -0.154. The largest absolute Gasteiger partial charge is 0.464 e. The Morgan fingerprint density at radius 1 is 1.17 bits per heavy atom. The maximum atomic E-state index is 13.0. The number of aromatic nitrogens is 5. The van der Waals surface area contributed by atoms with Gasteiger partial charge in [-0.25, -0.2) is 14.5 Å². The highest BCUT2D eigenvalue weighted by Crippen LogP contribution is 2.29. The van der Waals surface area contributed by atoms with Gasteiger partial charge in [0, 0.05) is 16.7 Å². The van der Waals surface area contributed by atoms with Gasteiger partial charge in [0.25, 0.3) is 5.56 Å². The number of benzene rings is 1. The number of hydrogen-bond donors (Lipinski definition) is 0. The molecule has 0 aliphatic heterocycles. The van der Waals surface area contributed by atoms with E-state index in [4.69, 9.17) is 27.9 Å². The number of nitrogens with zero attached hydrogens (tertiary/aromatic N) is 5. The first-order chi connectivity index (χ1) is 14.4. The zero-order chi connectivity index (χ0) is 21.9. The summed E-state index contributed by atoms with van der Waals surface area (Å²) in [5, 5.41) is 8.44. The highest BCUT2D eigenvalue weighted by Gasteiger charge is 2.39. The second-order valence-electron chi connectivity index (χ2n) is 6.59. The number of esters is 1. The van der Waals surface area contributed by atoms with E-state index in [1.54, 1.807) is 25.1 Å². The van der Waals surface area contributed by atoms with Gasteiger partial charge < -0.3 is 4.74 Å². The summed E-state index contributed by atoms with van der Waals surface area (Å²) >= 11 is 12.1. The Bertz CT molecular complexity index is 1120. The van der Waals surface area contributed by atoms with Crippen molar-refractivity contribution in [3.63, 3.8) is 0 Å². The highest BCUT2D eigenvalue weighted by atomic mass is 35.5. The van der Waals surface area contributed by atoms with Gasteiger partial charge in [0.2, 0.25) is 0 Å². The minimum absolute atomic E-state index is 0.226. The van der Waals surface area contributed by atoms with Crippen molar-refractivity contribution in [2.24, 2.45) is 0 Å². The molecule has 0 amide bonds. The van der Waals surface area contributed by atoms with Crippen molar-refractivity contribution in [2.45, 2.75) is 39.2 Å². The van der Waals surface area contributed by atoms with Crippen LogP contribution < -0.4 is 5.56 Å². The number of rotatable bonds is 7. The molecular formula is C20H21Cl2N5O3. The average Bonchev–Trinajstić information content (AvgIpc) is 3.16. The minimum atomic E-state index is -1.12. The molecule has 0 bridgehead atoms. The van der Waals surface area contributed by atoms with Crippen LogP contribution in [0.1, 0.15) is 33.6 Å². The molecule has 30 heavy (non-hydrogen) atoms. The van der Waals surface area contributed by atoms with Crippen molar-refractivity contribution in [1.29, 1.82) is 0 Å². The third-order valence-electron chi connectivity index (χ3n) is 5.04. The van der Waals surface area contributed by atoms with Crippen LogP contribution in [0.4, 0.5) is 0 Å². The van der Waals surface area contributed by atoms with E-state index in [1.165, 1.54) is 27.8 Å². The number of halogens is 2. The molecule has 2 heterocycles. The van der Waals surface area contributed by atoms with Crippen LogP contribution in [0.25, 0.3) is 16.9 Å². The van der Waals surface area contributed by atoms with Crippen LogP contribution in [0.2, 0.25) is 10.2 Å². The summed E-state index contributed by atoms with van der Waals surface area (Å²) in [6.45, 7) is 5.64. The first kappa shape index (κ1) is 22.0. The van der Waals surface area contributed by atoms with Gasteiger partial charge >= 0.3 is 5.97 Å². The highest BCUT2D eigenvalue weighted by molar-refractivity contribution is 6.31. The molecule has 0 atom stereocenters.